The largest absolute Gasteiger partial charge is 0.259 e. The van der Waals surface area contributed by atoms with Gasteiger partial charge in [-0.15, -0.1) is 0 Å². The molecule has 0 spiro atoms. The summed E-state index contributed by atoms with van der Waals surface area (Å²) >= 11 is 0. The van der Waals surface area contributed by atoms with Gasteiger partial charge in [0.25, 0.3) is 5.82 Å². The SMILES string of the molecule is CCCCCCCCCCCCCCCCC(C)n1cc[n+](CC)c1C(C)C. The van der Waals surface area contributed by atoms with Crippen molar-refractivity contribution in [1.82, 2.24) is 4.57 Å². The Balaban J connectivity index is 2.01. The van der Waals surface area contributed by atoms with Crippen molar-refractivity contribution in [1.29, 1.82) is 0 Å². The highest BCUT2D eigenvalue weighted by Crippen LogP contribution is 2.21. The summed E-state index contributed by atoms with van der Waals surface area (Å²) in [5.74, 6) is 2.08. The molecule has 0 bridgehead atoms. The monoisotopic (exact) mass is 391 g/mol. The van der Waals surface area contributed by atoms with Gasteiger partial charge >= 0.3 is 0 Å². The highest BCUT2D eigenvalue weighted by molar-refractivity contribution is 4.92. The molecule has 0 aliphatic carbocycles. The molecule has 1 unspecified atom stereocenters. The zero-order chi connectivity index (χ0) is 20.6. The van der Waals surface area contributed by atoms with Crippen LogP contribution < -0.4 is 4.57 Å². The maximum atomic E-state index is 2.52. The second-order valence-electron chi connectivity index (χ2n) is 9.24. The summed E-state index contributed by atoms with van der Waals surface area (Å²) < 4.78 is 4.93. The number of nitrogens with zero attached hydrogens (tertiary/aromatic N) is 2. The molecule has 2 nitrogen and oxygen atoms in total. The summed E-state index contributed by atoms with van der Waals surface area (Å²) in [6.45, 7) is 12.6. The van der Waals surface area contributed by atoms with E-state index in [1.165, 1.54) is 102 Å². The molecule has 28 heavy (non-hydrogen) atoms. The van der Waals surface area contributed by atoms with Crippen LogP contribution in [-0.4, -0.2) is 4.57 Å². The Morgan fingerprint density at radius 2 is 1.18 bits per heavy atom. The predicted molar refractivity (Wildman–Crippen MR) is 124 cm³/mol. The zero-order valence-corrected chi connectivity index (χ0v) is 20.0. The molecule has 1 aromatic rings. The molecule has 0 fully saturated rings. The van der Waals surface area contributed by atoms with E-state index >= 15 is 0 Å². The van der Waals surface area contributed by atoms with Crippen LogP contribution in [0, 0.1) is 0 Å². The van der Waals surface area contributed by atoms with Crippen molar-refractivity contribution in [2.45, 2.75) is 149 Å². The summed E-state index contributed by atoms with van der Waals surface area (Å²) in [7, 11) is 0. The smallest absolute Gasteiger partial charge is 0.234 e. The minimum atomic E-state index is 0.591. The minimum absolute atomic E-state index is 0.591. The van der Waals surface area contributed by atoms with Crippen LogP contribution >= 0.6 is 0 Å². The van der Waals surface area contributed by atoms with Crippen molar-refractivity contribution in [2.75, 3.05) is 0 Å². The van der Waals surface area contributed by atoms with Crippen molar-refractivity contribution in [3.8, 4) is 0 Å². The Morgan fingerprint density at radius 3 is 1.61 bits per heavy atom. The molecule has 0 aromatic carbocycles. The molecule has 0 aliphatic rings. The van der Waals surface area contributed by atoms with E-state index in [4.69, 9.17) is 0 Å². The number of hydrogen-bond acceptors (Lipinski definition) is 0. The number of hydrogen-bond donors (Lipinski definition) is 0. The molecule has 0 radical (unpaired) electrons. The molecule has 164 valence electrons. The van der Waals surface area contributed by atoms with E-state index in [9.17, 15) is 0 Å². The van der Waals surface area contributed by atoms with Gasteiger partial charge in [0.05, 0.1) is 18.5 Å². The van der Waals surface area contributed by atoms with E-state index in [2.05, 4.69) is 56.1 Å². The molecule has 0 saturated carbocycles. The highest BCUT2D eigenvalue weighted by atomic mass is 15.2. The number of rotatable bonds is 18. The number of aryl methyl sites for hydroxylation is 1. The molecular formula is C26H51N2+. The molecule has 1 aromatic heterocycles. The maximum absolute atomic E-state index is 2.52. The van der Waals surface area contributed by atoms with Crippen LogP contribution in [0.5, 0.6) is 0 Å². The minimum Gasteiger partial charge on any atom is -0.234 e. The quantitative estimate of drug-likeness (QED) is 0.175. The Kier molecular flexibility index (Phi) is 14.5. The molecule has 1 heterocycles. The lowest BCUT2D eigenvalue weighted by molar-refractivity contribution is -0.701. The van der Waals surface area contributed by atoms with E-state index in [1.54, 1.807) is 0 Å². The predicted octanol–water partition coefficient (Wildman–Crippen LogP) is 8.35. The Morgan fingerprint density at radius 1 is 0.714 bits per heavy atom. The van der Waals surface area contributed by atoms with E-state index in [0.717, 1.165) is 6.54 Å². The first-order valence-electron chi connectivity index (χ1n) is 12.7. The average molecular weight is 392 g/mol. The lowest BCUT2D eigenvalue weighted by atomic mass is 10.0. The third kappa shape index (κ3) is 10.1. The number of aromatic nitrogens is 2. The van der Waals surface area contributed by atoms with Crippen molar-refractivity contribution in [2.24, 2.45) is 0 Å². The van der Waals surface area contributed by atoms with Gasteiger partial charge in [-0.2, -0.15) is 0 Å². The summed E-state index contributed by atoms with van der Waals surface area (Å²) in [6.07, 6.45) is 26.0. The first kappa shape index (κ1) is 25.2. The molecule has 0 amide bonds. The van der Waals surface area contributed by atoms with Crippen LogP contribution in [0.2, 0.25) is 0 Å². The fourth-order valence-corrected chi connectivity index (χ4v) is 4.50. The third-order valence-corrected chi connectivity index (χ3v) is 6.27. The van der Waals surface area contributed by atoms with Gasteiger partial charge < -0.3 is 0 Å². The van der Waals surface area contributed by atoms with E-state index in [-0.39, 0.29) is 0 Å². The fraction of sp³-hybridized carbons (Fsp3) is 0.885. The van der Waals surface area contributed by atoms with Gasteiger partial charge in [0.2, 0.25) is 0 Å². The number of imidazole rings is 1. The first-order chi connectivity index (χ1) is 13.6. The van der Waals surface area contributed by atoms with Gasteiger partial charge in [0.1, 0.15) is 12.4 Å². The number of unbranched alkanes of at least 4 members (excludes halogenated alkanes) is 13. The standard InChI is InChI=1S/C26H51N2/c1-6-8-9-10-11-12-13-14-15-16-17-18-19-20-21-25(5)28-23-22-27(7-2)26(28)24(3)4/h22-25H,6-21H2,1-5H3/q+1. The van der Waals surface area contributed by atoms with E-state index in [1.807, 2.05) is 0 Å². The molecule has 0 aliphatic heterocycles. The van der Waals surface area contributed by atoms with Crippen LogP contribution in [0.15, 0.2) is 12.4 Å². The van der Waals surface area contributed by atoms with Gasteiger partial charge in [-0.3, -0.25) is 0 Å². The van der Waals surface area contributed by atoms with E-state index in [0.29, 0.717) is 12.0 Å². The van der Waals surface area contributed by atoms with Crippen LogP contribution in [-0.2, 0) is 6.54 Å². The summed E-state index contributed by atoms with van der Waals surface area (Å²) in [5, 5.41) is 0. The highest BCUT2D eigenvalue weighted by Gasteiger charge is 2.23. The molecule has 2 heteroatoms. The van der Waals surface area contributed by atoms with Gasteiger partial charge in [-0.25, -0.2) is 9.13 Å². The van der Waals surface area contributed by atoms with Crippen LogP contribution in [0.1, 0.15) is 149 Å². The zero-order valence-electron chi connectivity index (χ0n) is 20.0. The van der Waals surface area contributed by atoms with Crippen LogP contribution in [0.3, 0.4) is 0 Å². The molecule has 0 N–H and O–H groups in total. The van der Waals surface area contributed by atoms with Crippen LogP contribution in [0.25, 0.3) is 0 Å². The maximum Gasteiger partial charge on any atom is 0.259 e. The second kappa shape index (κ2) is 16.1. The Hall–Kier alpha value is -0.790. The Labute approximate surface area is 177 Å². The molecular weight excluding hydrogens is 340 g/mol. The third-order valence-electron chi connectivity index (χ3n) is 6.27. The summed E-state index contributed by atoms with van der Waals surface area (Å²) in [6, 6.07) is 0.627. The van der Waals surface area contributed by atoms with Gasteiger partial charge in [0, 0.05) is 0 Å². The van der Waals surface area contributed by atoms with Gasteiger partial charge in [-0.05, 0) is 26.7 Å². The van der Waals surface area contributed by atoms with Crippen molar-refractivity contribution >= 4 is 0 Å². The summed E-state index contributed by atoms with van der Waals surface area (Å²) in [4.78, 5) is 0. The Bertz CT molecular complexity index is 475. The van der Waals surface area contributed by atoms with E-state index < -0.39 is 0 Å². The summed E-state index contributed by atoms with van der Waals surface area (Å²) in [5.41, 5.74) is 0. The molecule has 1 atom stereocenters. The van der Waals surface area contributed by atoms with Crippen molar-refractivity contribution in [3.63, 3.8) is 0 Å². The van der Waals surface area contributed by atoms with Crippen molar-refractivity contribution < 1.29 is 4.57 Å². The van der Waals surface area contributed by atoms with Gasteiger partial charge in [0.15, 0.2) is 0 Å². The fourth-order valence-electron chi connectivity index (χ4n) is 4.50. The lowest BCUT2D eigenvalue weighted by Crippen LogP contribution is -2.37. The van der Waals surface area contributed by atoms with Gasteiger partial charge in [-0.1, -0.05) is 104 Å². The molecule has 1 rings (SSSR count). The molecule has 0 saturated heterocycles. The first-order valence-corrected chi connectivity index (χ1v) is 12.7. The van der Waals surface area contributed by atoms with Crippen LogP contribution in [0.4, 0.5) is 0 Å². The van der Waals surface area contributed by atoms with Crippen molar-refractivity contribution in [3.05, 3.63) is 18.2 Å². The topological polar surface area (TPSA) is 8.81 Å². The second-order valence-corrected chi connectivity index (χ2v) is 9.24. The average Bonchev–Trinajstić information content (AvgIpc) is 3.12. The normalized spacial score (nSPS) is 12.8. The lowest BCUT2D eigenvalue weighted by Gasteiger charge is -2.13.